The van der Waals surface area contributed by atoms with Crippen molar-refractivity contribution >= 4 is 44.7 Å². The molecule has 6 rings (SSSR count). The minimum atomic E-state index is -0.443. The van der Waals surface area contributed by atoms with Crippen molar-refractivity contribution in [3.8, 4) is 0 Å². The number of benzene rings is 4. The Bertz CT molecular complexity index is 1540. The molecule has 0 aromatic heterocycles. The third kappa shape index (κ3) is 5.20. The van der Waals surface area contributed by atoms with Crippen LogP contribution >= 0.6 is 0 Å². The number of aliphatic imine (C=N–C) groups is 1. The third-order valence-corrected chi connectivity index (χ3v) is 6.99. The highest BCUT2D eigenvalue weighted by Crippen LogP contribution is 2.39. The van der Waals surface area contributed by atoms with Crippen LogP contribution < -0.4 is 0 Å². The molecule has 0 amide bonds. The van der Waals surface area contributed by atoms with Crippen LogP contribution in [0.5, 0.6) is 0 Å². The molecule has 0 bridgehead atoms. The van der Waals surface area contributed by atoms with Gasteiger partial charge in [-0.25, -0.2) is 0 Å². The second-order valence-electron chi connectivity index (χ2n) is 11.0. The predicted molar refractivity (Wildman–Crippen MR) is 151 cm³/mol. The molecule has 0 saturated heterocycles. The van der Waals surface area contributed by atoms with Crippen LogP contribution in [0, 0.1) is 0 Å². The van der Waals surface area contributed by atoms with Gasteiger partial charge in [0.1, 0.15) is 5.60 Å². The molecule has 37 heavy (non-hydrogen) atoms. The molecule has 0 spiro atoms. The Morgan fingerprint density at radius 2 is 1.62 bits per heavy atom. The number of fused-ring (bicyclic) bond motifs is 6. The van der Waals surface area contributed by atoms with Gasteiger partial charge in [0.2, 0.25) is 0 Å². The van der Waals surface area contributed by atoms with Gasteiger partial charge in [-0.2, -0.15) is 0 Å². The van der Waals surface area contributed by atoms with Crippen LogP contribution in [0.4, 0.5) is 5.69 Å². The molecule has 0 N–H and O–H groups in total. The topological polar surface area (TPSA) is 55.7 Å². The van der Waals surface area contributed by atoms with Gasteiger partial charge in [0, 0.05) is 17.7 Å². The molecule has 4 aromatic carbocycles. The summed E-state index contributed by atoms with van der Waals surface area (Å²) in [4.78, 5) is 28.4. The first-order valence-corrected chi connectivity index (χ1v) is 13.0. The van der Waals surface area contributed by atoms with E-state index in [1.165, 1.54) is 27.1 Å². The summed E-state index contributed by atoms with van der Waals surface area (Å²) < 4.78 is 5.68. The second-order valence-corrected chi connectivity index (χ2v) is 11.0. The van der Waals surface area contributed by atoms with Gasteiger partial charge >= 0.3 is 5.97 Å². The maximum absolute atomic E-state index is 12.7. The highest BCUT2D eigenvalue weighted by molar-refractivity contribution is 6.15. The fourth-order valence-electron chi connectivity index (χ4n) is 5.41. The molecular formula is C33H33NO3. The van der Waals surface area contributed by atoms with Crippen LogP contribution in [0.2, 0.25) is 0 Å². The van der Waals surface area contributed by atoms with E-state index in [-0.39, 0.29) is 17.7 Å². The van der Waals surface area contributed by atoms with E-state index in [1.807, 2.05) is 52.0 Å². The van der Waals surface area contributed by atoms with E-state index in [0.29, 0.717) is 6.42 Å². The second kappa shape index (κ2) is 9.93. The summed E-state index contributed by atoms with van der Waals surface area (Å²) in [5.41, 5.74) is 4.50. The zero-order chi connectivity index (χ0) is 26.2. The molecule has 0 radical (unpaired) electrons. The third-order valence-electron chi connectivity index (χ3n) is 6.99. The van der Waals surface area contributed by atoms with Gasteiger partial charge in [-0.1, -0.05) is 60.7 Å². The molecular weight excluding hydrogens is 458 g/mol. The van der Waals surface area contributed by atoms with Crippen LogP contribution in [-0.2, 0) is 16.0 Å². The Morgan fingerprint density at radius 3 is 2.43 bits per heavy atom. The Labute approximate surface area is 218 Å². The summed E-state index contributed by atoms with van der Waals surface area (Å²) in [6.45, 7) is 7.68. The van der Waals surface area contributed by atoms with E-state index in [9.17, 15) is 9.59 Å². The highest BCUT2D eigenvalue weighted by Gasteiger charge is 2.31. The summed E-state index contributed by atoms with van der Waals surface area (Å²) in [7, 11) is 0. The summed E-state index contributed by atoms with van der Waals surface area (Å²) in [5, 5.41) is 5.10. The molecule has 1 heterocycles. The SMILES string of the molecule is CC(C)(C)OC(=O)C1CCCc2c1ccc1c2ccc2ccccc21.CC1=Nc2ccccc2C(=O)C1. The molecule has 1 unspecified atom stereocenters. The maximum atomic E-state index is 12.7. The van der Waals surface area contributed by atoms with Crippen molar-refractivity contribution in [2.24, 2.45) is 4.99 Å². The lowest BCUT2D eigenvalue weighted by atomic mass is 9.80. The summed E-state index contributed by atoms with van der Waals surface area (Å²) >= 11 is 0. The van der Waals surface area contributed by atoms with Crippen molar-refractivity contribution in [2.75, 3.05) is 0 Å². The fourth-order valence-corrected chi connectivity index (χ4v) is 5.41. The van der Waals surface area contributed by atoms with E-state index in [1.54, 1.807) is 0 Å². The Kier molecular flexibility index (Phi) is 6.68. The van der Waals surface area contributed by atoms with Crippen molar-refractivity contribution in [1.29, 1.82) is 0 Å². The number of aryl methyl sites for hydroxylation is 1. The number of nitrogens with zero attached hydrogens (tertiary/aromatic N) is 1. The molecule has 188 valence electrons. The monoisotopic (exact) mass is 491 g/mol. The van der Waals surface area contributed by atoms with E-state index < -0.39 is 5.60 Å². The molecule has 4 aromatic rings. The minimum absolute atomic E-state index is 0.0893. The van der Waals surface area contributed by atoms with Crippen molar-refractivity contribution in [2.45, 2.75) is 64.9 Å². The van der Waals surface area contributed by atoms with Crippen LogP contribution in [0.1, 0.15) is 74.4 Å². The average Bonchev–Trinajstić information content (AvgIpc) is 2.87. The molecule has 1 atom stereocenters. The number of ether oxygens (including phenoxy) is 1. The number of ketones is 1. The van der Waals surface area contributed by atoms with E-state index >= 15 is 0 Å². The van der Waals surface area contributed by atoms with E-state index in [4.69, 9.17) is 4.74 Å². The standard InChI is InChI=1S/C23H24O2.C10H9NO/c1-23(2,3)25-22(24)21-10-6-9-17-19-12-11-15-7-4-5-8-16(15)18(19)13-14-20(17)21;1-7-6-10(12)8-4-2-3-5-9(8)11-7/h4-5,7-8,11-14,21H,6,9-10H2,1-3H3;2-5H,6H2,1H3. The lowest BCUT2D eigenvalue weighted by Gasteiger charge is -2.29. The van der Waals surface area contributed by atoms with Gasteiger partial charge in [-0.3, -0.25) is 14.6 Å². The average molecular weight is 492 g/mol. The molecule has 0 saturated carbocycles. The van der Waals surface area contributed by atoms with Crippen molar-refractivity contribution in [3.05, 3.63) is 89.5 Å². The molecule has 4 heteroatoms. The number of para-hydroxylation sites is 1. The van der Waals surface area contributed by atoms with Crippen LogP contribution in [0.15, 0.2) is 77.8 Å². The first-order valence-electron chi connectivity index (χ1n) is 13.0. The lowest BCUT2D eigenvalue weighted by molar-refractivity contribution is -0.157. The maximum Gasteiger partial charge on any atom is 0.313 e. The molecule has 0 fully saturated rings. The molecule has 1 aliphatic carbocycles. The first-order chi connectivity index (χ1) is 17.7. The molecule has 4 nitrogen and oxygen atoms in total. The van der Waals surface area contributed by atoms with Gasteiger partial charge in [0.05, 0.1) is 11.6 Å². The summed E-state index contributed by atoms with van der Waals surface area (Å²) in [6, 6.07) is 24.7. The van der Waals surface area contributed by atoms with Gasteiger partial charge < -0.3 is 4.74 Å². The number of carbonyl (C=O) groups is 2. The van der Waals surface area contributed by atoms with Gasteiger partial charge in [0.15, 0.2) is 5.78 Å². The zero-order valence-electron chi connectivity index (χ0n) is 22.0. The summed E-state index contributed by atoms with van der Waals surface area (Å²) in [5.74, 6) is -0.0504. The van der Waals surface area contributed by atoms with Crippen molar-refractivity contribution in [3.63, 3.8) is 0 Å². The first kappa shape index (κ1) is 24.9. The van der Waals surface area contributed by atoms with Gasteiger partial charge in [-0.05, 0) is 91.8 Å². The number of Topliss-reactive ketones (excluding diaryl/α,β-unsaturated/α-hetero) is 1. The summed E-state index contributed by atoms with van der Waals surface area (Å²) in [6.07, 6.45) is 3.41. The molecule has 2 aliphatic rings. The largest absolute Gasteiger partial charge is 0.459 e. The number of esters is 1. The fraction of sp³-hybridized carbons (Fsp3) is 0.303. The van der Waals surface area contributed by atoms with E-state index in [2.05, 4.69) is 53.5 Å². The Balaban J connectivity index is 0.000000195. The van der Waals surface area contributed by atoms with Crippen LogP contribution in [-0.4, -0.2) is 23.1 Å². The normalized spacial score (nSPS) is 16.8. The smallest absolute Gasteiger partial charge is 0.313 e. The minimum Gasteiger partial charge on any atom is -0.459 e. The van der Waals surface area contributed by atoms with Crippen molar-refractivity contribution < 1.29 is 14.3 Å². The van der Waals surface area contributed by atoms with Crippen LogP contribution in [0.3, 0.4) is 0 Å². The Hall–Kier alpha value is -3.79. The number of rotatable bonds is 1. The van der Waals surface area contributed by atoms with Crippen LogP contribution in [0.25, 0.3) is 21.5 Å². The Morgan fingerprint density at radius 1 is 0.892 bits per heavy atom. The van der Waals surface area contributed by atoms with Crippen molar-refractivity contribution in [1.82, 2.24) is 0 Å². The lowest BCUT2D eigenvalue weighted by Crippen LogP contribution is -2.29. The quantitative estimate of drug-likeness (QED) is 0.200. The highest BCUT2D eigenvalue weighted by atomic mass is 16.6. The predicted octanol–water partition coefficient (Wildman–Crippen LogP) is 8.12. The number of hydrogen-bond acceptors (Lipinski definition) is 4. The van der Waals surface area contributed by atoms with Gasteiger partial charge in [0.25, 0.3) is 0 Å². The number of carbonyl (C=O) groups excluding carboxylic acids is 2. The number of hydrogen-bond donors (Lipinski definition) is 0. The molecule has 1 aliphatic heterocycles. The zero-order valence-corrected chi connectivity index (χ0v) is 22.0. The van der Waals surface area contributed by atoms with E-state index in [0.717, 1.165) is 41.8 Å². The van der Waals surface area contributed by atoms with Gasteiger partial charge in [-0.15, -0.1) is 0 Å².